The number of benzene rings is 2. The number of para-hydroxylation sites is 1. The monoisotopic (exact) mass is 397 g/mol. The fourth-order valence-electron chi connectivity index (χ4n) is 1.62. The third-order valence-corrected chi connectivity index (χ3v) is 3.78. The van der Waals surface area contributed by atoms with E-state index in [9.17, 15) is 9.59 Å². The first-order chi connectivity index (χ1) is 9.49. The van der Waals surface area contributed by atoms with Crippen molar-refractivity contribution in [3.8, 4) is 0 Å². The van der Waals surface area contributed by atoms with Gasteiger partial charge in [0.1, 0.15) is 0 Å². The van der Waals surface area contributed by atoms with Gasteiger partial charge in [-0.15, -0.1) is 0 Å². The maximum absolute atomic E-state index is 12.1. The molecule has 2 aromatic rings. The normalized spacial score (nSPS) is 10.1. The van der Waals surface area contributed by atoms with E-state index in [0.717, 1.165) is 4.47 Å². The van der Waals surface area contributed by atoms with Gasteiger partial charge in [0, 0.05) is 14.5 Å². The molecular formula is C14H9Br2NO3. The molecule has 20 heavy (non-hydrogen) atoms. The topological polar surface area (TPSA) is 66.4 Å². The van der Waals surface area contributed by atoms with Gasteiger partial charge in [0.25, 0.3) is 5.91 Å². The fourth-order valence-corrected chi connectivity index (χ4v) is 2.35. The standard InChI is InChI=1S/C14H9Br2NO3/c15-9-6-4-8(5-7-9)13(18)17-12-10(14(19)20)2-1-3-11(12)16/h1-7H,(H,17,18)(H,19,20). The molecule has 0 atom stereocenters. The van der Waals surface area contributed by atoms with Gasteiger partial charge in [-0.3, -0.25) is 4.79 Å². The van der Waals surface area contributed by atoms with Crippen molar-refractivity contribution < 1.29 is 14.7 Å². The van der Waals surface area contributed by atoms with Gasteiger partial charge >= 0.3 is 5.97 Å². The SMILES string of the molecule is O=C(Nc1c(Br)cccc1C(=O)O)c1ccc(Br)cc1. The van der Waals surface area contributed by atoms with E-state index in [4.69, 9.17) is 5.11 Å². The van der Waals surface area contributed by atoms with E-state index < -0.39 is 5.97 Å². The lowest BCUT2D eigenvalue weighted by molar-refractivity contribution is 0.0698. The van der Waals surface area contributed by atoms with E-state index in [1.54, 1.807) is 36.4 Å². The molecule has 6 heteroatoms. The number of nitrogens with one attached hydrogen (secondary N) is 1. The molecule has 2 rings (SSSR count). The number of carboxylic acid groups (broad SMARTS) is 1. The first-order valence-corrected chi connectivity index (χ1v) is 7.16. The Hall–Kier alpha value is -1.66. The van der Waals surface area contributed by atoms with Crippen LogP contribution >= 0.6 is 31.9 Å². The quantitative estimate of drug-likeness (QED) is 0.815. The molecule has 0 aliphatic heterocycles. The van der Waals surface area contributed by atoms with Gasteiger partial charge in [0.05, 0.1) is 11.3 Å². The minimum absolute atomic E-state index is 0.0323. The van der Waals surface area contributed by atoms with Gasteiger partial charge in [-0.25, -0.2) is 4.79 Å². The molecule has 0 fully saturated rings. The lowest BCUT2D eigenvalue weighted by atomic mass is 10.1. The zero-order valence-electron chi connectivity index (χ0n) is 10.1. The molecule has 4 nitrogen and oxygen atoms in total. The number of hydrogen-bond acceptors (Lipinski definition) is 2. The van der Waals surface area contributed by atoms with Crippen molar-refractivity contribution >= 4 is 49.4 Å². The second kappa shape index (κ2) is 6.19. The molecule has 0 aromatic heterocycles. The van der Waals surface area contributed by atoms with Crippen molar-refractivity contribution in [2.75, 3.05) is 5.32 Å². The maximum atomic E-state index is 12.1. The number of halogens is 2. The Kier molecular flexibility index (Phi) is 4.57. The minimum atomic E-state index is -1.10. The van der Waals surface area contributed by atoms with Crippen LogP contribution in [0.4, 0.5) is 5.69 Å². The van der Waals surface area contributed by atoms with Crippen LogP contribution in [0.3, 0.4) is 0 Å². The number of carbonyl (C=O) groups is 2. The Morgan fingerprint density at radius 3 is 2.25 bits per heavy atom. The Morgan fingerprint density at radius 2 is 1.65 bits per heavy atom. The molecule has 1 amide bonds. The number of aromatic carboxylic acids is 1. The van der Waals surface area contributed by atoms with Crippen molar-refractivity contribution in [3.63, 3.8) is 0 Å². The summed E-state index contributed by atoms with van der Waals surface area (Å²) in [5.74, 6) is -1.47. The minimum Gasteiger partial charge on any atom is -0.478 e. The van der Waals surface area contributed by atoms with Crippen molar-refractivity contribution in [1.29, 1.82) is 0 Å². The van der Waals surface area contributed by atoms with Crippen LogP contribution < -0.4 is 5.32 Å². The number of carboxylic acids is 1. The molecule has 0 aliphatic rings. The molecule has 0 bridgehead atoms. The van der Waals surface area contributed by atoms with Gasteiger partial charge in [-0.05, 0) is 52.3 Å². The van der Waals surface area contributed by atoms with Gasteiger partial charge in [0.15, 0.2) is 0 Å². The molecular weight excluding hydrogens is 390 g/mol. The number of rotatable bonds is 3. The Labute approximate surface area is 132 Å². The zero-order chi connectivity index (χ0) is 14.7. The Bertz CT molecular complexity index is 669. The molecule has 0 unspecified atom stereocenters. The third-order valence-electron chi connectivity index (χ3n) is 2.59. The van der Waals surface area contributed by atoms with E-state index in [0.29, 0.717) is 10.0 Å². The summed E-state index contributed by atoms with van der Waals surface area (Å²) in [6.45, 7) is 0. The zero-order valence-corrected chi connectivity index (χ0v) is 13.2. The first kappa shape index (κ1) is 14.7. The molecule has 0 saturated heterocycles. The largest absolute Gasteiger partial charge is 0.478 e. The van der Waals surface area contributed by atoms with E-state index in [1.165, 1.54) is 6.07 Å². The number of hydrogen-bond donors (Lipinski definition) is 2. The number of carbonyl (C=O) groups excluding carboxylic acids is 1. The molecule has 2 aromatic carbocycles. The highest BCUT2D eigenvalue weighted by Gasteiger charge is 2.16. The van der Waals surface area contributed by atoms with Crippen LogP contribution in [0.15, 0.2) is 51.4 Å². The molecule has 0 saturated carbocycles. The second-order valence-corrected chi connectivity index (χ2v) is 5.70. The lowest BCUT2D eigenvalue weighted by Gasteiger charge is -2.10. The van der Waals surface area contributed by atoms with Crippen LogP contribution in [0, 0.1) is 0 Å². The first-order valence-electron chi connectivity index (χ1n) is 5.58. The highest BCUT2D eigenvalue weighted by atomic mass is 79.9. The number of anilines is 1. The summed E-state index contributed by atoms with van der Waals surface area (Å²) in [7, 11) is 0. The van der Waals surface area contributed by atoms with Gasteiger partial charge in [-0.2, -0.15) is 0 Å². The van der Waals surface area contributed by atoms with Crippen molar-refractivity contribution in [3.05, 3.63) is 62.5 Å². The van der Waals surface area contributed by atoms with Gasteiger partial charge in [-0.1, -0.05) is 22.0 Å². The maximum Gasteiger partial charge on any atom is 0.337 e. The molecule has 0 spiro atoms. The Balaban J connectivity index is 2.32. The van der Waals surface area contributed by atoms with Crippen LogP contribution in [0.2, 0.25) is 0 Å². The van der Waals surface area contributed by atoms with E-state index >= 15 is 0 Å². The Morgan fingerprint density at radius 1 is 1.00 bits per heavy atom. The predicted octanol–water partition coefficient (Wildman–Crippen LogP) is 4.16. The van der Waals surface area contributed by atoms with Crippen LogP contribution in [-0.4, -0.2) is 17.0 Å². The summed E-state index contributed by atoms with van der Waals surface area (Å²) in [5.41, 5.74) is 0.720. The number of amides is 1. The van der Waals surface area contributed by atoms with Crippen molar-refractivity contribution in [2.24, 2.45) is 0 Å². The summed E-state index contributed by atoms with van der Waals surface area (Å²) in [6.07, 6.45) is 0. The molecule has 102 valence electrons. The average Bonchev–Trinajstić information content (AvgIpc) is 2.41. The van der Waals surface area contributed by atoms with E-state index in [1.807, 2.05) is 0 Å². The smallest absolute Gasteiger partial charge is 0.337 e. The summed E-state index contributed by atoms with van der Waals surface area (Å²) in [5, 5.41) is 11.7. The molecule has 0 radical (unpaired) electrons. The van der Waals surface area contributed by atoms with E-state index in [-0.39, 0.29) is 17.2 Å². The highest BCUT2D eigenvalue weighted by Crippen LogP contribution is 2.27. The molecule has 0 aliphatic carbocycles. The average molecular weight is 399 g/mol. The summed E-state index contributed by atoms with van der Waals surface area (Å²) in [6, 6.07) is 11.5. The van der Waals surface area contributed by atoms with Gasteiger partial charge < -0.3 is 10.4 Å². The highest BCUT2D eigenvalue weighted by molar-refractivity contribution is 9.10. The van der Waals surface area contributed by atoms with Crippen molar-refractivity contribution in [1.82, 2.24) is 0 Å². The van der Waals surface area contributed by atoms with E-state index in [2.05, 4.69) is 37.2 Å². The van der Waals surface area contributed by atoms with Gasteiger partial charge in [0.2, 0.25) is 0 Å². The predicted molar refractivity (Wildman–Crippen MR) is 83.2 cm³/mol. The summed E-state index contributed by atoms with van der Waals surface area (Å²) < 4.78 is 1.38. The summed E-state index contributed by atoms with van der Waals surface area (Å²) >= 11 is 6.53. The second-order valence-electron chi connectivity index (χ2n) is 3.93. The third kappa shape index (κ3) is 3.26. The molecule has 0 heterocycles. The molecule has 2 N–H and O–H groups in total. The lowest BCUT2D eigenvalue weighted by Crippen LogP contribution is -2.15. The van der Waals surface area contributed by atoms with Crippen molar-refractivity contribution in [2.45, 2.75) is 0 Å². The fraction of sp³-hybridized carbons (Fsp3) is 0. The van der Waals surface area contributed by atoms with Crippen LogP contribution in [0.5, 0.6) is 0 Å². The van der Waals surface area contributed by atoms with Crippen LogP contribution in [0.1, 0.15) is 20.7 Å². The van der Waals surface area contributed by atoms with Crippen LogP contribution in [-0.2, 0) is 0 Å². The van der Waals surface area contributed by atoms with Crippen LogP contribution in [0.25, 0.3) is 0 Å². The summed E-state index contributed by atoms with van der Waals surface area (Å²) in [4.78, 5) is 23.3.